The molecule has 0 saturated carbocycles. The maximum absolute atomic E-state index is 12.8. The zero-order valence-corrected chi connectivity index (χ0v) is 17.1. The number of halogens is 1. The van der Waals surface area contributed by atoms with Gasteiger partial charge in [-0.1, -0.05) is 12.5 Å². The van der Waals surface area contributed by atoms with E-state index in [9.17, 15) is 4.79 Å². The number of pyridine rings is 1. The zero-order chi connectivity index (χ0) is 19.1. The second-order valence-electron chi connectivity index (χ2n) is 7.56. The van der Waals surface area contributed by atoms with Gasteiger partial charge in [-0.3, -0.25) is 9.36 Å². The van der Waals surface area contributed by atoms with Crippen LogP contribution in [0.3, 0.4) is 0 Å². The molecule has 0 aliphatic heterocycles. The smallest absolute Gasteiger partial charge is 0.255 e. The molecule has 0 bridgehead atoms. The maximum Gasteiger partial charge on any atom is 0.255 e. The van der Waals surface area contributed by atoms with Gasteiger partial charge in [-0.25, -0.2) is 0 Å². The molecule has 1 N–H and O–H groups in total. The van der Waals surface area contributed by atoms with E-state index in [-0.39, 0.29) is 18.0 Å². The van der Waals surface area contributed by atoms with Crippen LogP contribution in [-0.4, -0.2) is 19.7 Å². The molecule has 1 aliphatic rings. The first kappa shape index (κ1) is 19.4. The van der Waals surface area contributed by atoms with Gasteiger partial charge in [-0.2, -0.15) is 10.2 Å². The number of H-pyrrole nitrogens is 1. The van der Waals surface area contributed by atoms with Crippen molar-refractivity contribution in [3.05, 3.63) is 76.0 Å². The molecule has 0 saturated heterocycles. The van der Waals surface area contributed by atoms with Crippen molar-refractivity contribution in [1.29, 1.82) is 0 Å². The van der Waals surface area contributed by atoms with E-state index in [0.29, 0.717) is 5.69 Å². The van der Waals surface area contributed by atoms with Gasteiger partial charge in [0.15, 0.2) is 0 Å². The van der Waals surface area contributed by atoms with Crippen molar-refractivity contribution >= 4 is 23.3 Å². The number of hydrogen-bond donors (Lipinski definition) is 1. The lowest BCUT2D eigenvalue weighted by Crippen LogP contribution is -2.16. The molecule has 1 aliphatic carbocycles. The summed E-state index contributed by atoms with van der Waals surface area (Å²) in [5, 5.41) is 9.54. The monoisotopic (exact) mass is 406 g/mol. The maximum atomic E-state index is 12.8. The van der Waals surface area contributed by atoms with Crippen LogP contribution in [0.1, 0.15) is 36.2 Å². The lowest BCUT2D eigenvalue weighted by atomic mass is 10.1. The summed E-state index contributed by atoms with van der Waals surface area (Å²) in [5.74, 6) is 0. The number of hydrogen-bond acceptors (Lipinski definition) is 3. The van der Waals surface area contributed by atoms with Crippen molar-refractivity contribution in [2.45, 2.75) is 39.0 Å². The van der Waals surface area contributed by atoms with Crippen LogP contribution in [0, 0.1) is 6.92 Å². The second kappa shape index (κ2) is 7.84. The summed E-state index contributed by atoms with van der Waals surface area (Å²) in [7, 11) is 0. The second-order valence-corrected chi connectivity index (χ2v) is 7.56. The predicted octanol–water partition coefficient (Wildman–Crippen LogP) is 4.77. The molecule has 4 aromatic rings. The van der Waals surface area contributed by atoms with E-state index >= 15 is 0 Å². The molecular weight excluding hydrogens is 384 g/mol. The Bertz CT molecular complexity index is 1220. The Hall–Kier alpha value is -2.92. The molecule has 3 aromatic heterocycles. The van der Waals surface area contributed by atoms with E-state index in [1.807, 2.05) is 37.4 Å². The third kappa shape index (κ3) is 3.58. The molecule has 0 fully saturated rings. The fraction of sp³-hybridized carbons (Fsp3) is 0.261. The van der Waals surface area contributed by atoms with E-state index in [4.69, 9.17) is 0 Å². The summed E-state index contributed by atoms with van der Waals surface area (Å²) < 4.78 is 1.68. The molecule has 5 rings (SSSR count). The topological polar surface area (TPSA) is 63.6 Å². The Morgan fingerprint density at radius 1 is 0.966 bits per heavy atom. The number of rotatable bonds is 2. The first-order valence-corrected chi connectivity index (χ1v) is 9.86. The van der Waals surface area contributed by atoms with Crippen molar-refractivity contribution in [1.82, 2.24) is 19.7 Å². The lowest BCUT2D eigenvalue weighted by molar-refractivity contribution is 0.708. The van der Waals surface area contributed by atoms with Gasteiger partial charge in [0.1, 0.15) is 0 Å². The van der Waals surface area contributed by atoms with Crippen molar-refractivity contribution in [2.24, 2.45) is 0 Å². The van der Waals surface area contributed by atoms with Gasteiger partial charge in [0.05, 0.1) is 17.1 Å². The van der Waals surface area contributed by atoms with Crippen molar-refractivity contribution in [2.75, 3.05) is 0 Å². The van der Waals surface area contributed by atoms with Crippen molar-refractivity contribution in [3.63, 3.8) is 0 Å². The summed E-state index contributed by atoms with van der Waals surface area (Å²) in [5.41, 5.74) is 7.08. The number of nitrogens with one attached hydrogen (secondary N) is 1. The standard InChI is InChI=1S/C23H22N4O.ClH/c1-15-7-10-20(26-25-15)16-11-12-27(23(28)13-16)17-8-9-19-18-5-3-2-4-6-21(18)24-22(19)14-17;/h7-14,24H,2-6H2,1H3;1H. The van der Waals surface area contributed by atoms with E-state index in [1.54, 1.807) is 10.6 Å². The molecule has 29 heavy (non-hydrogen) atoms. The minimum absolute atomic E-state index is 0. The number of aromatic amines is 1. The van der Waals surface area contributed by atoms with Crippen LogP contribution >= 0.6 is 12.4 Å². The Kier molecular flexibility index (Phi) is 5.24. The third-order valence-electron chi connectivity index (χ3n) is 5.62. The molecule has 0 spiro atoms. The Morgan fingerprint density at radius 2 is 1.83 bits per heavy atom. The van der Waals surface area contributed by atoms with Crippen LogP contribution in [0.15, 0.2) is 53.5 Å². The number of benzene rings is 1. The van der Waals surface area contributed by atoms with Gasteiger partial charge in [-0.15, -0.1) is 12.4 Å². The largest absolute Gasteiger partial charge is 0.358 e. The Labute approximate surface area is 175 Å². The Morgan fingerprint density at radius 3 is 2.62 bits per heavy atom. The molecule has 148 valence electrons. The average molecular weight is 407 g/mol. The molecule has 6 heteroatoms. The van der Waals surface area contributed by atoms with E-state index in [0.717, 1.165) is 35.3 Å². The molecule has 5 nitrogen and oxygen atoms in total. The highest BCUT2D eigenvalue weighted by molar-refractivity contribution is 5.86. The molecule has 0 amide bonds. The number of fused-ring (bicyclic) bond motifs is 3. The van der Waals surface area contributed by atoms with Crippen LogP contribution < -0.4 is 5.56 Å². The fourth-order valence-corrected chi connectivity index (χ4v) is 4.13. The normalized spacial score (nSPS) is 13.6. The highest BCUT2D eigenvalue weighted by Crippen LogP contribution is 2.29. The van der Waals surface area contributed by atoms with Gasteiger partial charge in [0.25, 0.3) is 5.56 Å². The SMILES string of the molecule is Cc1ccc(-c2ccn(-c3ccc4c5c([nH]c4c3)CCCCC5)c(=O)c2)nn1.Cl. The van der Waals surface area contributed by atoms with E-state index in [1.165, 1.54) is 35.9 Å². The predicted molar refractivity (Wildman–Crippen MR) is 118 cm³/mol. The lowest BCUT2D eigenvalue weighted by Gasteiger charge is -2.08. The summed E-state index contributed by atoms with van der Waals surface area (Å²) in [6.45, 7) is 1.89. The molecule has 0 unspecified atom stereocenters. The molecular formula is C23H23ClN4O. The first-order chi connectivity index (χ1) is 13.7. The summed E-state index contributed by atoms with van der Waals surface area (Å²) in [6.07, 6.45) is 7.87. The van der Waals surface area contributed by atoms with Gasteiger partial charge in [0, 0.05) is 34.4 Å². The summed E-state index contributed by atoms with van der Waals surface area (Å²) >= 11 is 0. The van der Waals surface area contributed by atoms with Crippen LogP contribution in [0.25, 0.3) is 27.8 Å². The average Bonchev–Trinajstić information content (AvgIpc) is 2.88. The quantitative estimate of drug-likeness (QED) is 0.487. The van der Waals surface area contributed by atoms with E-state index < -0.39 is 0 Å². The molecule has 3 heterocycles. The van der Waals surface area contributed by atoms with Gasteiger partial charge in [-0.05, 0) is 68.5 Å². The number of nitrogens with zero attached hydrogens (tertiary/aromatic N) is 3. The van der Waals surface area contributed by atoms with Gasteiger partial charge >= 0.3 is 0 Å². The third-order valence-corrected chi connectivity index (χ3v) is 5.62. The van der Waals surface area contributed by atoms with Crippen molar-refractivity contribution in [3.8, 4) is 16.9 Å². The fourth-order valence-electron chi connectivity index (χ4n) is 4.13. The van der Waals surface area contributed by atoms with Crippen LogP contribution in [0.4, 0.5) is 0 Å². The zero-order valence-electron chi connectivity index (χ0n) is 16.3. The van der Waals surface area contributed by atoms with Gasteiger partial charge < -0.3 is 4.98 Å². The number of aromatic nitrogens is 4. The molecule has 1 aromatic carbocycles. The number of aryl methyl sites for hydroxylation is 3. The van der Waals surface area contributed by atoms with Crippen LogP contribution in [0.2, 0.25) is 0 Å². The van der Waals surface area contributed by atoms with Crippen molar-refractivity contribution < 1.29 is 0 Å². The van der Waals surface area contributed by atoms with E-state index in [2.05, 4.69) is 27.3 Å². The molecule has 0 radical (unpaired) electrons. The van der Waals surface area contributed by atoms with Gasteiger partial charge in [0.2, 0.25) is 0 Å². The highest BCUT2D eigenvalue weighted by Gasteiger charge is 2.15. The summed E-state index contributed by atoms with van der Waals surface area (Å²) in [4.78, 5) is 16.4. The highest BCUT2D eigenvalue weighted by atomic mass is 35.5. The minimum Gasteiger partial charge on any atom is -0.358 e. The van der Waals surface area contributed by atoms with Crippen LogP contribution in [-0.2, 0) is 12.8 Å². The minimum atomic E-state index is -0.0765. The first-order valence-electron chi connectivity index (χ1n) is 9.86. The Balaban J connectivity index is 0.00000205. The van der Waals surface area contributed by atoms with Crippen LogP contribution in [0.5, 0.6) is 0 Å². The molecule has 0 atom stereocenters. The summed E-state index contributed by atoms with van der Waals surface area (Å²) in [6, 6.07) is 13.6.